The van der Waals surface area contributed by atoms with E-state index in [1.807, 2.05) is 36.4 Å². The average molecular weight is 465 g/mol. The van der Waals surface area contributed by atoms with Crippen LogP contribution in [0, 0.1) is 5.41 Å². The van der Waals surface area contributed by atoms with Gasteiger partial charge in [-0.1, -0.05) is 68.5 Å². The quantitative estimate of drug-likeness (QED) is 0.209. The number of carbonyl (C=O) groups excluding carboxylic acids is 2. The lowest BCUT2D eigenvalue weighted by molar-refractivity contribution is -0.124. The molecule has 0 aliphatic rings. The smallest absolute Gasteiger partial charge is 0.412 e. The van der Waals surface area contributed by atoms with Gasteiger partial charge in [-0.05, 0) is 29.1 Å². The van der Waals surface area contributed by atoms with Gasteiger partial charge in [-0.3, -0.25) is 15.3 Å². The summed E-state index contributed by atoms with van der Waals surface area (Å²) in [5, 5.41) is 22.5. The van der Waals surface area contributed by atoms with E-state index in [9.17, 15) is 9.59 Å². The fourth-order valence-corrected chi connectivity index (χ4v) is 3.58. The molecule has 1 atom stereocenters. The number of aliphatic hydroxyl groups is 1. The highest BCUT2D eigenvalue weighted by atomic mass is 16.6. The van der Waals surface area contributed by atoms with Gasteiger partial charge in [-0.15, -0.1) is 0 Å². The normalized spacial score (nSPS) is 12.4. The van der Waals surface area contributed by atoms with Crippen LogP contribution in [0.3, 0.4) is 0 Å². The molecule has 0 heterocycles. The minimum atomic E-state index is -0.849. The molecule has 0 aliphatic heterocycles. The van der Waals surface area contributed by atoms with Crippen molar-refractivity contribution in [1.29, 1.82) is 0 Å². The Morgan fingerprint density at radius 3 is 2.56 bits per heavy atom. The predicted octanol–water partition coefficient (Wildman–Crippen LogP) is 4.59. The highest BCUT2D eigenvalue weighted by Gasteiger charge is 2.33. The molecule has 0 aromatic heterocycles. The molecule has 34 heavy (non-hydrogen) atoms. The zero-order valence-electron chi connectivity index (χ0n) is 19.0. The van der Waals surface area contributed by atoms with Gasteiger partial charge in [0.2, 0.25) is 0 Å². The van der Waals surface area contributed by atoms with Crippen molar-refractivity contribution in [1.82, 2.24) is 5.48 Å². The highest BCUT2D eigenvalue weighted by Crippen LogP contribution is 2.39. The van der Waals surface area contributed by atoms with Crippen molar-refractivity contribution in [2.75, 3.05) is 18.5 Å². The van der Waals surface area contributed by atoms with Gasteiger partial charge in [0.1, 0.15) is 18.5 Å². The van der Waals surface area contributed by atoms with Crippen molar-refractivity contribution in [3.8, 4) is 5.75 Å². The van der Waals surface area contributed by atoms with Crippen molar-refractivity contribution in [3.63, 3.8) is 0 Å². The molecular weight excluding hydrogens is 436 g/mol. The number of fused-ring (bicyclic) bond motifs is 1. The molecule has 3 aromatic rings. The summed E-state index contributed by atoms with van der Waals surface area (Å²) < 4.78 is 11.4. The predicted molar refractivity (Wildman–Crippen MR) is 129 cm³/mol. The van der Waals surface area contributed by atoms with Crippen molar-refractivity contribution < 1.29 is 29.4 Å². The number of carbonyl (C=O) groups is 2. The van der Waals surface area contributed by atoms with E-state index in [0.717, 1.165) is 10.8 Å². The van der Waals surface area contributed by atoms with Crippen LogP contribution >= 0.6 is 0 Å². The lowest BCUT2D eigenvalue weighted by Crippen LogP contribution is -2.28. The second-order valence-corrected chi connectivity index (χ2v) is 8.21. The lowest BCUT2D eigenvalue weighted by atomic mass is 9.82. The average Bonchev–Trinajstić information content (AvgIpc) is 2.85. The van der Waals surface area contributed by atoms with Crippen LogP contribution in [0.1, 0.15) is 25.5 Å². The van der Waals surface area contributed by atoms with Crippen molar-refractivity contribution in [3.05, 3.63) is 84.4 Å². The van der Waals surface area contributed by atoms with E-state index in [2.05, 4.69) is 5.32 Å². The van der Waals surface area contributed by atoms with E-state index in [1.54, 1.807) is 55.7 Å². The van der Waals surface area contributed by atoms with Crippen LogP contribution in [0.15, 0.2) is 78.9 Å². The Hall–Kier alpha value is -3.88. The second-order valence-electron chi connectivity index (χ2n) is 8.21. The first-order chi connectivity index (χ1) is 16.3. The van der Waals surface area contributed by atoms with Crippen LogP contribution in [0.5, 0.6) is 5.75 Å². The number of anilines is 1. The third-order valence-electron chi connectivity index (χ3n) is 5.22. The molecule has 0 fully saturated rings. The van der Waals surface area contributed by atoms with Crippen LogP contribution in [0.25, 0.3) is 10.8 Å². The summed E-state index contributed by atoms with van der Waals surface area (Å²) in [7, 11) is 0. The minimum absolute atomic E-state index is 0.122. The summed E-state index contributed by atoms with van der Waals surface area (Å²) in [6.45, 7) is 3.58. The number of aliphatic hydroxyl groups excluding tert-OH is 1. The summed E-state index contributed by atoms with van der Waals surface area (Å²) in [4.78, 5) is 24.6. The molecule has 3 rings (SSSR count). The third-order valence-corrected chi connectivity index (χ3v) is 5.22. The van der Waals surface area contributed by atoms with E-state index in [1.165, 1.54) is 6.08 Å². The van der Waals surface area contributed by atoms with Crippen LogP contribution in [-0.4, -0.2) is 35.5 Å². The molecule has 2 amide bonds. The fourth-order valence-electron chi connectivity index (χ4n) is 3.58. The first-order valence-electron chi connectivity index (χ1n) is 10.8. The zero-order chi connectivity index (χ0) is 24.6. The Morgan fingerprint density at radius 1 is 1.06 bits per heavy atom. The molecule has 0 unspecified atom stereocenters. The molecule has 8 nitrogen and oxygen atoms in total. The maximum Gasteiger partial charge on any atom is 0.412 e. The molecule has 0 spiro atoms. The SMILES string of the molecule is CC(C)(/C=C/C(=O)NO)[C@H](OC(=O)Nc1cccc2ccccc12)c1cccc(OCCO)c1. The number of hydrogen-bond acceptors (Lipinski definition) is 6. The number of benzene rings is 3. The van der Waals surface area contributed by atoms with Gasteiger partial charge in [0.15, 0.2) is 0 Å². The number of hydrogen-bond donors (Lipinski definition) is 4. The van der Waals surface area contributed by atoms with Crippen molar-refractivity contribution in [2.45, 2.75) is 20.0 Å². The monoisotopic (exact) mass is 464 g/mol. The van der Waals surface area contributed by atoms with Gasteiger partial charge in [-0.2, -0.15) is 0 Å². The van der Waals surface area contributed by atoms with E-state index in [-0.39, 0.29) is 13.2 Å². The number of hydroxylamine groups is 1. The van der Waals surface area contributed by atoms with Crippen LogP contribution < -0.4 is 15.5 Å². The number of nitrogens with one attached hydrogen (secondary N) is 2. The van der Waals surface area contributed by atoms with Gasteiger partial charge in [-0.25, -0.2) is 10.3 Å². The van der Waals surface area contributed by atoms with Gasteiger partial charge in [0, 0.05) is 16.9 Å². The Labute approximate surface area is 197 Å². The molecule has 0 saturated carbocycles. The molecule has 0 aliphatic carbocycles. The Balaban J connectivity index is 1.91. The van der Waals surface area contributed by atoms with Gasteiger partial charge in [0.05, 0.1) is 12.3 Å². The summed E-state index contributed by atoms with van der Waals surface area (Å²) in [6.07, 6.45) is 1.24. The minimum Gasteiger partial charge on any atom is -0.491 e. The Kier molecular flexibility index (Phi) is 8.24. The van der Waals surface area contributed by atoms with Crippen LogP contribution in [-0.2, 0) is 9.53 Å². The van der Waals surface area contributed by atoms with E-state index >= 15 is 0 Å². The standard InChI is InChI=1S/C26H28N2O6/c1-26(2,14-13-23(30)28-32)24(19-9-5-10-20(17-19)33-16-15-29)34-25(31)27-22-12-6-8-18-7-3-4-11-21(18)22/h3-14,17,24,29,32H,15-16H2,1-2H3,(H,27,31)(H,28,30)/b14-13+/t24-/m1/s1. The van der Waals surface area contributed by atoms with E-state index in [0.29, 0.717) is 17.0 Å². The molecular formula is C26H28N2O6. The van der Waals surface area contributed by atoms with Crippen molar-refractivity contribution >= 4 is 28.5 Å². The first kappa shape index (κ1) is 24.8. The van der Waals surface area contributed by atoms with Crippen molar-refractivity contribution in [2.24, 2.45) is 5.41 Å². The lowest BCUT2D eigenvalue weighted by Gasteiger charge is -2.32. The summed E-state index contributed by atoms with van der Waals surface area (Å²) >= 11 is 0. The summed E-state index contributed by atoms with van der Waals surface area (Å²) in [5.41, 5.74) is 1.93. The number of rotatable bonds is 9. The topological polar surface area (TPSA) is 117 Å². The molecule has 0 saturated heterocycles. The summed E-state index contributed by atoms with van der Waals surface area (Å²) in [5.74, 6) is -0.199. The molecule has 0 radical (unpaired) electrons. The first-order valence-corrected chi connectivity index (χ1v) is 10.8. The molecule has 4 N–H and O–H groups in total. The maximum atomic E-state index is 13.0. The second kappa shape index (κ2) is 11.3. The van der Waals surface area contributed by atoms with Gasteiger partial charge < -0.3 is 14.6 Å². The van der Waals surface area contributed by atoms with Gasteiger partial charge in [0.25, 0.3) is 5.91 Å². The summed E-state index contributed by atoms with van der Waals surface area (Å²) in [6, 6.07) is 20.2. The van der Waals surface area contributed by atoms with Crippen LogP contribution in [0.2, 0.25) is 0 Å². The Bertz CT molecular complexity index is 1170. The molecule has 0 bridgehead atoms. The van der Waals surface area contributed by atoms with Crippen LogP contribution in [0.4, 0.5) is 10.5 Å². The number of ether oxygens (including phenoxy) is 2. The number of amides is 2. The van der Waals surface area contributed by atoms with E-state index in [4.69, 9.17) is 19.8 Å². The zero-order valence-corrected chi connectivity index (χ0v) is 19.0. The molecule has 8 heteroatoms. The largest absolute Gasteiger partial charge is 0.491 e. The molecule has 178 valence electrons. The van der Waals surface area contributed by atoms with E-state index < -0.39 is 23.5 Å². The highest BCUT2D eigenvalue weighted by molar-refractivity contribution is 6.00. The maximum absolute atomic E-state index is 13.0. The Morgan fingerprint density at radius 2 is 1.79 bits per heavy atom. The third kappa shape index (κ3) is 6.34. The molecule has 3 aromatic carbocycles. The van der Waals surface area contributed by atoms with Gasteiger partial charge >= 0.3 is 6.09 Å². The fraction of sp³-hybridized carbons (Fsp3) is 0.231.